The van der Waals surface area contributed by atoms with E-state index < -0.39 is 0 Å². The van der Waals surface area contributed by atoms with Gasteiger partial charge >= 0.3 is 0 Å². The van der Waals surface area contributed by atoms with Gasteiger partial charge in [0.05, 0.1) is 12.8 Å². The minimum absolute atomic E-state index is 0.167. The van der Waals surface area contributed by atoms with Crippen LogP contribution < -0.4 is 15.6 Å². The fourth-order valence-corrected chi connectivity index (χ4v) is 3.73. The lowest BCUT2D eigenvalue weighted by Gasteiger charge is -2.13. The Hall–Kier alpha value is -3.41. The van der Waals surface area contributed by atoms with Gasteiger partial charge in [-0.25, -0.2) is 4.68 Å². The fraction of sp³-hybridized carbons (Fsp3) is 0.261. The molecule has 0 saturated carbocycles. The van der Waals surface area contributed by atoms with E-state index in [2.05, 4.69) is 22.5 Å². The summed E-state index contributed by atoms with van der Waals surface area (Å²) < 4.78 is 6.80. The maximum Gasteiger partial charge on any atom is 0.266 e. The highest BCUT2D eigenvalue weighted by Gasteiger charge is 2.16. The second kappa shape index (κ2) is 7.91. The molecule has 1 amide bonds. The first-order chi connectivity index (χ1) is 14.0. The topological polar surface area (TPSA) is 73.2 Å². The minimum Gasteiger partial charge on any atom is -0.496 e. The first kappa shape index (κ1) is 18.9. The smallest absolute Gasteiger partial charge is 0.266 e. The predicted molar refractivity (Wildman–Crippen MR) is 111 cm³/mol. The zero-order valence-electron chi connectivity index (χ0n) is 16.6. The molecule has 6 nitrogen and oxygen atoms in total. The molecule has 1 aliphatic rings. The quantitative estimate of drug-likeness (QED) is 0.728. The van der Waals surface area contributed by atoms with Crippen LogP contribution in [0.4, 0.5) is 0 Å². The van der Waals surface area contributed by atoms with Crippen LogP contribution >= 0.6 is 0 Å². The monoisotopic (exact) mass is 389 g/mol. The van der Waals surface area contributed by atoms with E-state index in [1.54, 1.807) is 32.4 Å². The molecule has 0 aliphatic heterocycles. The fourth-order valence-electron chi connectivity index (χ4n) is 3.73. The van der Waals surface area contributed by atoms with Gasteiger partial charge in [-0.2, -0.15) is 5.10 Å². The molecule has 6 heteroatoms. The summed E-state index contributed by atoms with van der Waals surface area (Å²) in [6.45, 7) is 0.400. The Morgan fingerprint density at radius 2 is 1.93 bits per heavy atom. The predicted octanol–water partition coefficient (Wildman–Crippen LogP) is 2.87. The van der Waals surface area contributed by atoms with Crippen LogP contribution in [0.5, 0.6) is 5.75 Å². The van der Waals surface area contributed by atoms with Crippen molar-refractivity contribution >= 4 is 5.91 Å². The lowest BCUT2D eigenvalue weighted by atomic mass is 10.0. The van der Waals surface area contributed by atoms with E-state index in [0.29, 0.717) is 17.8 Å². The van der Waals surface area contributed by atoms with Gasteiger partial charge < -0.3 is 10.1 Å². The second-order valence-electron chi connectivity index (χ2n) is 7.23. The third kappa shape index (κ3) is 3.92. The number of nitrogens with zero attached hydrogens (tertiary/aromatic N) is 2. The molecule has 1 heterocycles. The molecular weight excluding hydrogens is 366 g/mol. The van der Waals surface area contributed by atoms with Crippen molar-refractivity contribution in [2.45, 2.75) is 25.8 Å². The second-order valence-corrected chi connectivity index (χ2v) is 7.23. The Bertz CT molecular complexity index is 1130. The van der Waals surface area contributed by atoms with E-state index >= 15 is 0 Å². The van der Waals surface area contributed by atoms with Crippen molar-refractivity contribution in [2.75, 3.05) is 7.11 Å². The average molecular weight is 389 g/mol. The Morgan fingerprint density at radius 3 is 2.69 bits per heavy atom. The summed E-state index contributed by atoms with van der Waals surface area (Å²) >= 11 is 0. The standard InChI is InChI=1S/C23H23N3O3/c1-26-22(27)10-9-20(25-26)17-7-4-8-18(12-17)23(28)24-14-19-11-15-5-3-6-16(15)13-21(19)29-2/h4,7-13H,3,5-6,14H2,1-2H3,(H,24,28). The number of nitrogens with one attached hydrogen (secondary N) is 1. The highest BCUT2D eigenvalue weighted by atomic mass is 16.5. The molecule has 0 fully saturated rings. The molecule has 1 aromatic heterocycles. The van der Waals surface area contributed by atoms with Gasteiger partial charge in [-0.15, -0.1) is 0 Å². The Labute approximate surface area is 169 Å². The van der Waals surface area contributed by atoms with Gasteiger partial charge in [0, 0.05) is 36.3 Å². The molecular formula is C23H23N3O3. The van der Waals surface area contributed by atoms with Crippen molar-refractivity contribution in [3.63, 3.8) is 0 Å². The maximum absolute atomic E-state index is 12.7. The van der Waals surface area contributed by atoms with Crippen LogP contribution in [0.25, 0.3) is 11.3 Å². The zero-order valence-corrected chi connectivity index (χ0v) is 16.6. The van der Waals surface area contributed by atoms with Crippen molar-refractivity contribution in [1.82, 2.24) is 15.1 Å². The third-order valence-electron chi connectivity index (χ3n) is 5.32. The number of carbonyl (C=O) groups is 1. The maximum atomic E-state index is 12.7. The number of fused-ring (bicyclic) bond motifs is 1. The van der Waals surface area contributed by atoms with E-state index in [1.807, 2.05) is 12.1 Å². The zero-order chi connectivity index (χ0) is 20.4. The van der Waals surface area contributed by atoms with E-state index in [1.165, 1.54) is 28.3 Å². The first-order valence-electron chi connectivity index (χ1n) is 9.67. The summed E-state index contributed by atoms with van der Waals surface area (Å²) in [5.74, 6) is 0.647. The van der Waals surface area contributed by atoms with Gasteiger partial charge in [-0.05, 0) is 54.7 Å². The molecule has 4 rings (SSSR count). The van der Waals surface area contributed by atoms with Crippen LogP contribution in [-0.2, 0) is 26.4 Å². The molecule has 3 aromatic rings. The third-order valence-corrected chi connectivity index (χ3v) is 5.32. The Morgan fingerprint density at radius 1 is 1.14 bits per heavy atom. The van der Waals surface area contributed by atoms with Gasteiger partial charge in [-0.1, -0.05) is 18.2 Å². The van der Waals surface area contributed by atoms with Crippen LogP contribution in [0.15, 0.2) is 53.3 Å². The largest absolute Gasteiger partial charge is 0.496 e. The number of hydrogen-bond donors (Lipinski definition) is 1. The first-order valence-corrected chi connectivity index (χ1v) is 9.67. The summed E-state index contributed by atoms with van der Waals surface area (Å²) in [5.41, 5.74) is 5.46. The van der Waals surface area contributed by atoms with Crippen LogP contribution in [0.1, 0.15) is 33.5 Å². The highest BCUT2D eigenvalue weighted by Crippen LogP contribution is 2.30. The molecule has 0 bridgehead atoms. The number of aryl methyl sites for hydroxylation is 3. The molecule has 29 heavy (non-hydrogen) atoms. The number of benzene rings is 2. The SMILES string of the molecule is COc1cc2c(cc1CNC(=O)c1cccc(-c3ccc(=O)n(C)n3)c1)CCC2. The molecule has 1 aliphatic carbocycles. The van der Waals surface area contributed by atoms with Crippen LogP contribution in [-0.4, -0.2) is 22.8 Å². The van der Waals surface area contributed by atoms with E-state index in [9.17, 15) is 9.59 Å². The number of amides is 1. The van der Waals surface area contributed by atoms with Gasteiger partial charge in [0.25, 0.3) is 11.5 Å². The van der Waals surface area contributed by atoms with Gasteiger partial charge in [-0.3, -0.25) is 9.59 Å². The Kier molecular flexibility index (Phi) is 5.16. The number of ether oxygens (including phenoxy) is 1. The summed E-state index contributed by atoms with van der Waals surface area (Å²) in [5, 5.41) is 7.23. The van der Waals surface area contributed by atoms with E-state index in [-0.39, 0.29) is 11.5 Å². The lowest BCUT2D eigenvalue weighted by Crippen LogP contribution is -2.23. The van der Waals surface area contributed by atoms with Crippen molar-refractivity contribution in [1.29, 1.82) is 0 Å². The van der Waals surface area contributed by atoms with Crippen LogP contribution in [0.3, 0.4) is 0 Å². The number of rotatable bonds is 5. The summed E-state index contributed by atoms with van der Waals surface area (Å²) in [6, 6.07) is 14.6. The summed E-state index contributed by atoms with van der Waals surface area (Å²) in [7, 11) is 3.26. The van der Waals surface area contributed by atoms with Gasteiger partial charge in [0.2, 0.25) is 0 Å². The van der Waals surface area contributed by atoms with Crippen LogP contribution in [0.2, 0.25) is 0 Å². The summed E-state index contributed by atoms with van der Waals surface area (Å²) in [6.07, 6.45) is 3.33. The van der Waals surface area contributed by atoms with Crippen LogP contribution in [0, 0.1) is 0 Å². The summed E-state index contributed by atoms with van der Waals surface area (Å²) in [4.78, 5) is 24.3. The van der Waals surface area contributed by atoms with Crippen molar-refractivity contribution in [2.24, 2.45) is 7.05 Å². The molecule has 0 saturated heterocycles. The normalized spacial score (nSPS) is 12.5. The molecule has 0 atom stereocenters. The molecule has 0 radical (unpaired) electrons. The Balaban J connectivity index is 1.52. The van der Waals surface area contributed by atoms with Crippen molar-refractivity contribution < 1.29 is 9.53 Å². The lowest BCUT2D eigenvalue weighted by molar-refractivity contribution is 0.0950. The van der Waals surface area contributed by atoms with Gasteiger partial charge in [0.15, 0.2) is 0 Å². The number of hydrogen-bond acceptors (Lipinski definition) is 4. The van der Waals surface area contributed by atoms with Gasteiger partial charge in [0.1, 0.15) is 5.75 Å². The number of methoxy groups -OCH3 is 1. The van der Waals surface area contributed by atoms with E-state index in [4.69, 9.17) is 4.74 Å². The average Bonchev–Trinajstić information content (AvgIpc) is 3.20. The minimum atomic E-state index is -0.175. The van der Waals surface area contributed by atoms with E-state index in [0.717, 1.165) is 29.7 Å². The van der Waals surface area contributed by atoms with Crippen molar-refractivity contribution in [3.8, 4) is 17.0 Å². The molecule has 0 spiro atoms. The molecule has 0 unspecified atom stereocenters. The van der Waals surface area contributed by atoms with Crippen molar-refractivity contribution in [3.05, 3.63) is 81.1 Å². The highest BCUT2D eigenvalue weighted by molar-refractivity contribution is 5.95. The number of carbonyl (C=O) groups excluding carboxylic acids is 1. The number of aromatic nitrogens is 2. The molecule has 148 valence electrons. The molecule has 1 N–H and O–H groups in total. The molecule has 2 aromatic carbocycles.